The van der Waals surface area contributed by atoms with Gasteiger partial charge in [-0.05, 0) is 52.9 Å². The number of halogens is 1. The fourth-order valence-corrected chi connectivity index (χ4v) is 5.91. The van der Waals surface area contributed by atoms with Gasteiger partial charge in [-0.3, -0.25) is 9.59 Å². The molecule has 3 rings (SSSR count). The molecule has 1 aromatic carbocycles. The molecule has 25 heavy (non-hydrogen) atoms. The van der Waals surface area contributed by atoms with E-state index in [0.29, 0.717) is 23.1 Å². The van der Waals surface area contributed by atoms with Crippen molar-refractivity contribution in [2.24, 2.45) is 0 Å². The van der Waals surface area contributed by atoms with Gasteiger partial charge in [0, 0.05) is 29.7 Å². The second-order valence-corrected chi connectivity index (χ2v) is 9.45. The van der Waals surface area contributed by atoms with Gasteiger partial charge in [0.2, 0.25) is 11.8 Å². The normalized spacial score (nSPS) is 17.6. The van der Waals surface area contributed by atoms with Gasteiger partial charge >= 0.3 is 0 Å². The topological polar surface area (TPSA) is 83.6 Å². The van der Waals surface area contributed by atoms with Crippen LogP contribution in [0.1, 0.15) is 38.2 Å². The zero-order chi connectivity index (χ0) is 18.2. The highest BCUT2D eigenvalue weighted by Crippen LogP contribution is 2.35. The Hall–Kier alpha value is -1.41. The van der Waals surface area contributed by atoms with Crippen molar-refractivity contribution in [3.8, 4) is 0 Å². The average Bonchev–Trinajstić information content (AvgIpc) is 3.14. The van der Waals surface area contributed by atoms with Gasteiger partial charge in [0.15, 0.2) is 9.84 Å². The van der Waals surface area contributed by atoms with Crippen molar-refractivity contribution in [2.45, 2.75) is 50.0 Å². The van der Waals surface area contributed by atoms with Crippen molar-refractivity contribution in [2.75, 3.05) is 17.2 Å². The molecule has 1 saturated carbocycles. The maximum atomic E-state index is 12.7. The zero-order valence-corrected chi connectivity index (χ0v) is 16.5. The molecule has 136 valence electrons. The first kappa shape index (κ1) is 18.4. The number of nitrogens with one attached hydrogen (secondary N) is 1. The van der Waals surface area contributed by atoms with Crippen LogP contribution in [0.5, 0.6) is 0 Å². The molecule has 8 heteroatoms. The minimum atomic E-state index is -3.80. The van der Waals surface area contributed by atoms with Crippen LogP contribution in [0.4, 0.5) is 5.69 Å². The third kappa shape index (κ3) is 3.89. The van der Waals surface area contributed by atoms with Crippen LogP contribution in [0.2, 0.25) is 0 Å². The van der Waals surface area contributed by atoms with E-state index in [0.717, 1.165) is 31.2 Å². The number of anilines is 1. The molecule has 0 bridgehead atoms. The molecule has 0 saturated heterocycles. The van der Waals surface area contributed by atoms with Gasteiger partial charge in [-0.1, -0.05) is 12.8 Å². The van der Waals surface area contributed by atoms with Crippen LogP contribution in [-0.4, -0.2) is 38.6 Å². The van der Waals surface area contributed by atoms with E-state index in [1.165, 1.54) is 13.0 Å². The Balaban J connectivity index is 1.83. The molecule has 1 fully saturated rings. The summed E-state index contributed by atoms with van der Waals surface area (Å²) in [5.74, 6) is -1.17. The predicted molar refractivity (Wildman–Crippen MR) is 98.3 cm³/mol. The van der Waals surface area contributed by atoms with Gasteiger partial charge in [0.1, 0.15) is 5.75 Å². The minimum Gasteiger partial charge on any atom is -0.352 e. The second kappa shape index (κ2) is 7.07. The molecule has 0 aromatic heterocycles. The third-order valence-electron chi connectivity index (χ3n) is 4.79. The number of carbonyl (C=O) groups excluding carboxylic acids is 2. The molecule has 2 aliphatic rings. The first-order valence-corrected chi connectivity index (χ1v) is 10.8. The van der Waals surface area contributed by atoms with Gasteiger partial charge in [-0.15, -0.1) is 0 Å². The Bertz CT molecular complexity index is 816. The van der Waals surface area contributed by atoms with Crippen molar-refractivity contribution in [1.82, 2.24) is 5.32 Å². The molecule has 0 radical (unpaired) electrons. The summed E-state index contributed by atoms with van der Waals surface area (Å²) in [6.45, 7) is 2.00. The Morgan fingerprint density at radius 3 is 2.60 bits per heavy atom. The maximum Gasteiger partial charge on any atom is 0.235 e. The Labute approximate surface area is 156 Å². The molecule has 2 amide bonds. The SMILES string of the molecule is CC(=O)N1CCc2cc(Br)c(S(=O)(=O)CC(=O)NC3CCCC3)cc21. The van der Waals surface area contributed by atoms with Crippen LogP contribution in [0.25, 0.3) is 0 Å². The molecule has 1 N–H and O–H groups in total. The molecular weight excluding hydrogens is 408 g/mol. The van der Waals surface area contributed by atoms with Crippen LogP contribution in [0, 0.1) is 0 Å². The summed E-state index contributed by atoms with van der Waals surface area (Å²) < 4.78 is 25.9. The summed E-state index contributed by atoms with van der Waals surface area (Å²) in [5, 5.41) is 2.81. The first-order valence-electron chi connectivity index (χ1n) is 8.40. The number of hydrogen-bond donors (Lipinski definition) is 1. The van der Waals surface area contributed by atoms with E-state index < -0.39 is 21.5 Å². The van der Waals surface area contributed by atoms with Crippen molar-refractivity contribution in [1.29, 1.82) is 0 Å². The Morgan fingerprint density at radius 2 is 1.96 bits per heavy atom. The van der Waals surface area contributed by atoms with Crippen LogP contribution < -0.4 is 10.2 Å². The van der Waals surface area contributed by atoms with Crippen molar-refractivity contribution in [3.63, 3.8) is 0 Å². The smallest absolute Gasteiger partial charge is 0.235 e. The number of carbonyl (C=O) groups is 2. The molecule has 0 spiro atoms. The fourth-order valence-electron chi connectivity index (χ4n) is 3.54. The monoisotopic (exact) mass is 428 g/mol. The molecular formula is C17H21BrN2O4S. The lowest BCUT2D eigenvalue weighted by atomic mass is 10.2. The lowest BCUT2D eigenvalue weighted by Crippen LogP contribution is -2.37. The molecule has 1 aliphatic carbocycles. The van der Waals surface area contributed by atoms with Gasteiger partial charge in [-0.2, -0.15) is 0 Å². The highest BCUT2D eigenvalue weighted by Gasteiger charge is 2.29. The quantitative estimate of drug-likeness (QED) is 0.796. The maximum absolute atomic E-state index is 12.7. The number of nitrogens with zero attached hydrogens (tertiary/aromatic N) is 1. The summed E-state index contributed by atoms with van der Waals surface area (Å²) in [6.07, 6.45) is 4.63. The highest BCUT2D eigenvalue weighted by atomic mass is 79.9. The molecule has 1 aliphatic heterocycles. The molecule has 1 aromatic rings. The average molecular weight is 429 g/mol. The molecule has 6 nitrogen and oxygen atoms in total. The van der Waals surface area contributed by atoms with E-state index >= 15 is 0 Å². The van der Waals surface area contributed by atoms with Gasteiger partial charge in [0.05, 0.1) is 4.90 Å². The number of amides is 2. The fraction of sp³-hybridized carbons (Fsp3) is 0.529. The zero-order valence-electron chi connectivity index (χ0n) is 14.0. The minimum absolute atomic E-state index is 0.0565. The largest absolute Gasteiger partial charge is 0.352 e. The number of hydrogen-bond acceptors (Lipinski definition) is 4. The predicted octanol–water partition coefficient (Wildman–Crippen LogP) is 2.19. The van der Waals surface area contributed by atoms with Crippen molar-refractivity contribution < 1.29 is 18.0 Å². The van der Waals surface area contributed by atoms with Crippen molar-refractivity contribution in [3.05, 3.63) is 22.2 Å². The molecule has 0 unspecified atom stereocenters. The van der Waals surface area contributed by atoms with Gasteiger partial charge in [-0.25, -0.2) is 8.42 Å². The van der Waals surface area contributed by atoms with E-state index in [9.17, 15) is 18.0 Å². The van der Waals surface area contributed by atoms with E-state index in [1.54, 1.807) is 11.0 Å². The molecule has 1 heterocycles. The van der Waals surface area contributed by atoms with E-state index in [-0.39, 0.29) is 16.8 Å². The van der Waals surface area contributed by atoms with E-state index in [2.05, 4.69) is 21.2 Å². The standard InChI is InChI=1S/C17H21BrN2O4S/c1-11(21)20-7-6-12-8-14(18)16(9-15(12)20)25(23,24)10-17(22)19-13-4-2-3-5-13/h8-9,13H,2-7,10H2,1H3,(H,19,22). The van der Waals surface area contributed by atoms with Crippen LogP contribution in [0.15, 0.2) is 21.5 Å². The first-order chi connectivity index (χ1) is 11.8. The van der Waals surface area contributed by atoms with Crippen LogP contribution >= 0.6 is 15.9 Å². The summed E-state index contributed by atoms with van der Waals surface area (Å²) in [5.41, 5.74) is 1.54. The third-order valence-corrected chi connectivity index (χ3v) is 7.35. The number of sulfone groups is 1. The Kier molecular flexibility index (Phi) is 5.20. The van der Waals surface area contributed by atoms with Gasteiger partial charge < -0.3 is 10.2 Å². The molecule has 0 atom stereocenters. The highest BCUT2D eigenvalue weighted by molar-refractivity contribution is 9.10. The van der Waals surface area contributed by atoms with Crippen LogP contribution in [-0.2, 0) is 25.8 Å². The second-order valence-electron chi connectivity index (χ2n) is 6.64. The number of fused-ring (bicyclic) bond motifs is 1. The summed E-state index contributed by atoms with van der Waals surface area (Å²) in [4.78, 5) is 25.5. The lowest BCUT2D eigenvalue weighted by molar-refractivity contribution is -0.119. The van der Waals surface area contributed by atoms with Gasteiger partial charge in [0.25, 0.3) is 0 Å². The summed E-state index contributed by atoms with van der Waals surface area (Å²) in [6, 6.07) is 3.32. The summed E-state index contributed by atoms with van der Waals surface area (Å²) in [7, 11) is -3.80. The van der Waals surface area contributed by atoms with E-state index in [1.807, 2.05) is 0 Å². The number of rotatable bonds is 4. The van der Waals surface area contributed by atoms with Crippen LogP contribution in [0.3, 0.4) is 0 Å². The van der Waals surface area contributed by atoms with Crippen molar-refractivity contribution >= 4 is 43.3 Å². The van der Waals surface area contributed by atoms with E-state index in [4.69, 9.17) is 0 Å². The summed E-state index contributed by atoms with van der Waals surface area (Å²) >= 11 is 3.31. The number of benzene rings is 1. The lowest BCUT2D eigenvalue weighted by Gasteiger charge is -2.17. The Morgan fingerprint density at radius 1 is 1.28 bits per heavy atom.